The van der Waals surface area contributed by atoms with Crippen LogP contribution in [0, 0.1) is 23.2 Å². The van der Waals surface area contributed by atoms with Gasteiger partial charge in [-0.3, -0.25) is 4.79 Å². The third-order valence-electron chi connectivity index (χ3n) is 3.71. The molecule has 114 valence electrons. The molecule has 0 amide bonds. The number of hydrogen-bond donors (Lipinski definition) is 2. The Morgan fingerprint density at radius 2 is 2.05 bits per heavy atom. The molecule has 1 aliphatic carbocycles. The van der Waals surface area contributed by atoms with Crippen molar-refractivity contribution in [2.24, 2.45) is 11.8 Å². The van der Waals surface area contributed by atoms with Crippen molar-refractivity contribution in [1.82, 2.24) is 4.72 Å². The molecule has 6 nitrogen and oxygen atoms in total. The first-order valence-electron chi connectivity index (χ1n) is 6.65. The second kappa shape index (κ2) is 6.56. The number of sulfonamides is 1. The summed E-state index contributed by atoms with van der Waals surface area (Å²) >= 11 is 0.941. The Labute approximate surface area is 127 Å². The second-order valence-corrected chi connectivity index (χ2v) is 8.22. The smallest absolute Gasteiger partial charge is 0.306 e. The third kappa shape index (κ3) is 4.03. The largest absolute Gasteiger partial charge is 0.481 e. The summed E-state index contributed by atoms with van der Waals surface area (Å²) in [5.74, 6) is -0.893. The van der Waals surface area contributed by atoms with Crippen molar-refractivity contribution >= 4 is 27.3 Å². The molecule has 1 aromatic rings. The Kier molecular flexibility index (Phi) is 4.98. The molecule has 0 radical (unpaired) electrons. The topological polar surface area (TPSA) is 107 Å². The Balaban J connectivity index is 1.88. The molecule has 1 aromatic heterocycles. The molecule has 1 saturated carbocycles. The van der Waals surface area contributed by atoms with Crippen LogP contribution in [0.5, 0.6) is 0 Å². The average Bonchev–Trinajstić information content (AvgIpc) is 2.95. The van der Waals surface area contributed by atoms with Crippen LogP contribution in [0.2, 0.25) is 0 Å². The van der Waals surface area contributed by atoms with E-state index in [0.717, 1.165) is 11.3 Å². The van der Waals surface area contributed by atoms with Crippen LogP contribution in [-0.2, 0) is 14.8 Å². The molecule has 1 fully saturated rings. The normalized spacial score (nSPS) is 22.6. The summed E-state index contributed by atoms with van der Waals surface area (Å²) in [4.78, 5) is 11.2. The SMILES string of the molecule is N#Cc1ccc(S(=O)(=O)NCC2CCC(C(=O)O)CC2)s1. The number of aliphatic carboxylic acids is 1. The van der Waals surface area contributed by atoms with E-state index in [1.165, 1.54) is 12.1 Å². The summed E-state index contributed by atoms with van der Waals surface area (Å²) in [6.07, 6.45) is 2.62. The van der Waals surface area contributed by atoms with Gasteiger partial charge in [-0.05, 0) is 43.7 Å². The summed E-state index contributed by atoms with van der Waals surface area (Å²) in [6, 6.07) is 4.82. The van der Waals surface area contributed by atoms with E-state index in [9.17, 15) is 13.2 Å². The highest BCUT2D eigenvalue weighted by Gasteiger charge is 2.27. The maximum absolute atomic E-state index is 12.1. The van der Waals surface area contributed by atoms with Gasteiger partial charge in [0.25, 0.3) is 0 Å². The van der Waals surface area contributed by atoms with Crippen LogP contribution in [-0.4, -0.2) is 26.0 Å². The second-order valence-electron chi connectivity index (χ2n) is 5.14. The molecule has 0 bridgehead atoms. The van der Waals surface area contributed by atoms with E-state index in [2.05, 4.69) is 4.72 Å². The number of carboxylic acids is 1. The lowest BCUT2D eigenvalue weighted by Crippen LogP contribution is -2.32. The highest BCUT2D eigenvalue weighted by atomic mass is 32.2. The van der Waals surface area contributed by atoms with Crippen molar-refractivity contribution in [3.63, 3.8) is 0 Å². The van der Waals surface area contributed by atoms with Crippen molar-refractivity contribution in [3.05, 3.63) is 17.0 Å². The maximum Gasteiger partial charge on any atom is 0.306 e. The van der Waals surface area contributed by atoms with Crippen LogP contribution in [0.1, 0.15) is 30.6 Å². The Morgan fingerprint density at radius 1 is 1.38 bits per heavy atom. The number of nitrogens with one attached hydrogen (secondary N) is 1. The lowest BCUT2D eigenvalue weighted by molar-refractivity contribution is -0.143. The monoisotopic (exact) mass is 328 g/mol. The zero-order valence-corrected chi connectivity index (χ0v) is 12.9. The van der Waals surface area contributed by atoms with E-state index in [4.69, 9.17) is 10.4 Å². The lowest BCUT2D eigenvalue weighted by atomic mass is 9.82. The van der Waals surface area contributed by atoms with Gasteiger partial charge in [-0.25, -0.2) is 13.1 Å². The number of carbonyl (C=O) groups is 1. The third-order valence-corrected chi connectivity index (χ3v) is 6.62. The number of hydrogen-bond acceptors (Lipinski definition) is 5. The molecular formula is C13H16N2O4S2. The van der Waals surface area contributed by atoms with Gasteiger partial charge in [-0.2, -0.15) is 5.26 Å². The molecule has 8 heteroatoms. The minimum Gasteiger partial charge on any atom is -0.481 e. The van der Waals surface area contributed by atoms with Crippen LogP contribution < -0.4 is 4.72 Å². The van der Waals surface area contributed by atoms with Crippen molar-refractivity contribution in [1.29, 1.82) is 5.26 Å². The standard InChI is InChI=1S/C13H16N2O4S2/c14-7-11-5-6-12(20-11)21(18,19)15-8-9-1-3-10(4-2-9)13(16)17/h5-6,9-10,15H,1-4,8H2,(H,16,17). The first kappa shape index (κ1) is 15.9. The Bertz CT molecular complexity index is 652. The predicted octanol–water partition coefficient (Wildman–Crippen LogP) is 1.79. The Morgan fingerprint density at radius 3 is 2.57 bits per heavy atom. The molecule has 0 atom stereocenters. The van der Waals surface area contributed by atoms with Gasteiger partial charge in [0, 0.05) is 6.54 Å². The van der Waals surface area contributed by atoms with Crippen molar-refractivity contribution in [3.8, 4) is 6.07 Å². The fourth-order valence-corrected chi connectivity index (χ4v) is 4.70. The van der Waals surface area contributed by atoms with E-state index < -0.39 is 16.0 Å². The highest BCUT2D eigenvalue weighted by molar-refractivity contribution is 7.91. The Hall–Kier alpha value is -1.43. The number of thiophene rings is 1. The van der Waals surface area contributed by atoms with Gasteiger partial charge in [-0.15, -0.1) is 11.3 Å². The molecule has 0 saturated heterocycles. The molecule has 21 heavy (non-hydrogen) atoms. The lowest BCUT2D eigenvalue weighted by Gasteiger charge is -2.25. The quantitative estimate of drug-likeness (QED) is 0.857. The molecule has 2 rings (SSSR count). The average molecular weight is 328 g/mol. The summed E-state index contributed by atoms with van der Waals surface area (Å²) in [5.41, 5.74) is 0. The van der Waals surface area contributed by atoms with Crippen molar-refractivity contribution in [2.75, 3.05) is 6.54 Å². The van der Waals surface area contributed by atoms with Crippen molar-refractivity contribution < 1.29 is 18.3 Å². The minimum absolute atomic E-state index is 0.137. The van der Waals surface area contributed by atoms with Gasteiger partial charge < -0.3 is 5.11 Å². The van der Waals surface area contributed by atoms with Gasteiger partial charge >= 0.3 is 5.97 Å². The molecule has 0 aliphatic heterocycles. The van der Waals surface area contributed by atoms with Crippen molar-refractivity contribution in [2.45, 2.75) is 29.9 Å². The van der Waals surface area contributed by atoms with Crippen LogP contribution in [0.3, 0.4) is 0 Å². The van der Waals surface area contributed by atoms with Gasteiger partial charge in [0.2, 0.25) is 10.0 Å². The van der Waals surface area contributed by atoms with E-state index in [-0.39, 0.29) is 16.0 Å². The van der Waals surface area contributed by atoms with Gasteiger partial charge in [0.1, 0.15) is 15.2 Å². The zero-order chi connectivity index (χ0) is 15.5. The van der Waals surface area contributed by atoms with E-state index >= 15 is 0 Å². The summed E-state index contributed by atoms with van der Waals surface area (Å²) in [7, 11) is -3.58. The summed E-state index contributed by atoms with van der Waals surface area (Å²) in [6.45, 7) is 0.314. The molecule has 0 unspecified atom stereocenters. The first-order chi connectivity index (χ1) is 9.92. The fourth-order valence-electron chi connectivity index (χ4n) is 2.44. The van der Waals surface area contributed by atoms with Crippen LogP contribution in [0.25, 0.3) is 0 Å². The maximum atomic E-state index is 12.1. The molecule has 0 aromatic carbocycles. The van der Waals surface area contributed by atoms with E-state index in [1.807, 2.05) is 6.07 Å². The van der Waals surface area contributed by atoms with Crippen LogP contribution in [0.15, 0.2) is 16.3 Å². The first-order valence-corrected chi connectivity index (χ1v) is 8.94. The highest BCUT2D eigenvalue weighted by Crippen LogP contribution is 2.29. The molecule has 2 N–H and O–H groups in total. The minimum atomic E-state index is -3.58. The predicted molar refractivity (Wildman–Crippen MR) is 77.3 cm³/mol. The van der Waals surface area contributed by atoms with E-state index in [1.54, 1.807) is 0 Å². The fraction of sp³-hybridized carbons (Fsp3) is 0.538. The van der Waals surface area contributed by atoms with Gasteiger partial charge in [0.15, 0.2) is 0 Å². The summed E-state index contributed by atoms with van der Waals surface area (Å²) < 4.78 is 26.8. The summed E-state index contributed by atoms with van der Waals surface area (Å²) in [5, 5.41) is 17.6. The van der Waals surface area contributed by atoms with Gasteiger partial charge in [-0.1, -0.05) is 0 Å². The number of rotatable bonds is 5. The zero-order valence-electron chi connectivity index (χ0n) is 11.3. The molecule has 1 heterocycles. The van der Waals surface area contributed by atoms with Gasteiger partial charge in [0.05, 0.1) is 5.92 Å². The molecule has 1 aliphatic rings. The van der Waals surface area contributed by atoms with Crippen LogP contribution >= 0.6 is 11.3 Å². The number of nitriles is 1. The molecule has 0 spiro atoms. The number of carboxylic acid groups (broad SMARTS) is 1. The number of nitrogens with zero attached hydrogens (tertiary/aromatic N) is 1. The van der Waals surface area contributed by atoms with Crippen LogP contribution in [0.4, 0.5) is 0 Å². The molecular weight excluding hydrogens is 312 g/mol. The van der Waals surface area contributed by atoms with E-state index in [0.29, 0.717) is 37.1 Å².